The maximum atomic E-state index is 11.8. The lowest BCUT2D eigenvalue weighted by Crippen LogP contribution is -2.37. The smallest absolute Gasteiger partial charge is 0.212 e. The van der Waals surface area contributed by atoms with Crippen LogP contribution in [0.15, 0.2) is 0 Å². The molecular formula is C6H11ClF3NO2S. The first-order chi connectivity index (χ1) is 6.19. The molecule has 0 heterocycles. The van der Waals surface area contributed by atoms with Gasteiger partial charge in [0.2, 0.25) is 10.0 Å². The van der Waals surface area contributed by atoms with Gasteiger partial charge in [-0.25, -0.2) is 8.42 Å². The average Bonchev–Trinajstić information content (AvgIpc) is 1.97. The maximum Gasteiger partial charge on any atom is 0.402 e. The maximum absolute atomic E-state index is 11.8. The molecule has 3 nitrogen and oxygen atoms in total. The second-order valence-electron chi connectivity index (χ2n) is 2.73. The zero-order valence-electron chi connectivity index (χ0n) is 7.51. The van der Waals surface area contributed by atoms with Gasteiger partial charge in [0.15, 0.2) is 0 Å². The quantitative estimate of drug-likeness (QED) is 0.696. The van der Waals surface area contributed by atoms with Gasteiger partial charge in [0.05, 0.1) is 5.75 Å². The molecule has 0 radical (unpaired) electrons. The fourth-order valence-electron chi connectivity index (χ4n) is 0.744. The molecule has 0 N–H and O–H groups in total. The number of hydrogen-bond acceptors (Lipinski definition) is 2. The summed E-state index contributed by atoms with van der Waals surface area (Å²) < 4.78 is 58.0. The molecule has 0 aliphatic rings. The van der Waals surface area contributed by atoms with Crippen LogP contribution in [-0.2, 0) is 10.0 Å². The molecule has 0 atom stereocenters. The van der Waals surface area contributed by atoms with Crippen LogP contribution < -0.4 is 0 Å². The number of halogens is 4. The van der Waals surface area contributed by atoms with E-state index in [-0.39, 0.29) is 18.1 Å². The summed E-state index contributed by atoms with van der Waals surface area (Å²) in [6, 6.07) is 0. The number of nitrogens with zero attached hydrogens (tertiary/aromatic N) is 1. The predicted molar refractivity (Wildman–Crippen MR) is 47.8 cm³/mol. The summed E-state index contributed by atoms with van der Waals surface area (Å²) in [4.78, 5) is 0. The van der Waals surface area contributed by atoms with Gasteiger partial charge in [-0.2, -0.15) is 17.5 Å². The Labute approximate surface area is 85.9 Å². The third-order valence-electron chi connectivity index (χ3n) is 1.41. The van der Waals surface area contributed by atoms with Crippen LogP contribution in [0.25, 0.3) is 0 Å². The summed E-state index contributed by atoms with van der Waals surface area (Å²) in [5.74, 6) is -0.248. The summed E-state index contributed by atoms with van der Waals surface area (Å²) in [6.07, 6.45) is -4.37. The molecule has 0 bridgehead atoms. The van der Waals surface area contributed by atoms with E-state index in [0.717, 1.165) is 7.05 Å². The molecule has 0 aromatic rings. The summed E-state index contributed by atoms with van der Waals surface area (Å²) in [6.45, 7) is -1.46. The molecule has 8 heteroatoms. The molecule has 0 saturated carbocycles. The zero-order valence-corrected chi connectivity index (χ0v) is 9.08. The van der Waals surface area contributed by atoms with Gasteiger partial charge in [0, 0.05) is 12.9 Å². The van der Waals surface area contributed by atoms with Crippen molar-refractivity contribution in [3.63, 3.8) is 0 Å². The molecule has 0 spiro atoms. The van der Waals surface area contributed by atoms with Crippen molar-refractivity contribution in [2.75, 3.05) is 25.2 Å². The highest BCUT2D eigenvalue weighted by atomic mass is 35.5. The van der Waals surface area contributed by atoms with Crippen molar-refractivity contribution in [1.82, 2.24) is 4.31 Å². The molecule has 0 unspecified atom stereocenters. The second-order valence-corrected chi connectivity index (χ2v) is 5.30. The van der Waals surface area contributed by atoms with Crippen LogP contribution in [0, 0.1) is 0 Å². The summed E-state index contributed by atoms with van der Waals surface area (Å²) >= 11 is 5.24. The van der Waals surface area contributed by atoms with E-state index in [0.29, 0.717) is 4.31 Å². The van der Waals surface area contributed by atoms with Gasteiger partial charge in [0.25, 0.3) is 0 Å². The van der Waals surface area contributed by atoms with E-state index in [4.69, 9.17) is 11.6 Å². The lowest BCUT2D eigenvalue weighted by Gasteiger charge is -2.18. The Balaban J connectivity index is 4.30. The average molecular weight is 254 g/mol. The Kier molecular flexibility index (Phi) is 5.17. The van der Waals surface area contributed by atoms with Gasteiger partial charge in [-0.05, 0) is 6.42 Å². The molecule has 0 aliphatic heterocycles. The fraction of sp³-hybridized carbons (Fsp3) is 1.00. The summed E-state index contributed by atoms with van der Waals surface area (Å²) in [5, 5.41) is 0. The van der Waals surface area contributed by atoms with Crippen molar-refractivity contribution in [3.05, 3.63) is 0 Å². The fourth-order valence-corrected chi connectivity index (χ4v) is 2.20. The largest absolute Gasteiger partial charge is 0.402 e. The van der Waals surface area contributed by atoms with Gasteiger partial charge in [-0.3, -0.25) is 0 Å². The Hall–Kier alpha value is -0.0100. The molecule has 0 rings (SSSR count). The van der Waals surface area contributed by atoms with Crippen LogP contribution in [0.4, 0.5) is 13.2 Å². The molecule has 0 amide bonds. The van der Waals surface area contributed by atoms with Gasteiger partial charge >= 0.3 is 6.18 Å². The van der Waals surface area contributed by atoms with Crippen LogP contribution in [0.5, 0.6) is 0 Å². The van der Waals surface area contributed by atoms with Crippen molar-refractivity contribution in [3.8, 4) is 0 Å². The van der Waals surface area contributed by atoms with E-state index in [9.17, 15) is 21.6 Å². The third kappa shape index (κ3) is 5.66. The molecular weight excluding hydrogens is 243 g/mol. The Morgan fingerprint density at radius 3 is 2.21 bits per heavy atom. The monoisotopic (exact) mass is 253 g/mol. The van der Waals surface area contributed by atoms with E-state index >= 15 is 0 Å². The first-order valence-corrected chi connectivity index (χ1v) is 5.90. The topological polar surface area (TPSA) is 37.4 Å². The van der Waals surface area contributed by atoms with E-state index in [2.05, 4.69) is 0 Å². The van der Waals surface area contributed by atoms with Crippen molar-refractivity contribution >= 4 is 21.6 Å². The molecule has 86 valence electrons. The molecule has 0 aliphatic carbocycles. The third-order valence-corrected chi connectivity index (χ3v) is 3.56. The Morgan fingerprint density at radius 2 is 1.86 bits per heavy atom. The number of alkyl halides is 4. The molecule has 14 heavy (non-hydrogen) atoms. The standard InChI is InChI=1S/C6H11ClF3NO2S/c1-11(5-6(8,9)10)14(12,13)4-2-3-7/h2-5H2,1H3. The van der Waals surface area contributed by atoms with E-state index in [1.165, 1.54) is 0 Å². The molecule has 0 aromatic heterocycles. The minimum absolute atomic E-state index is 0.110. The highest BCUT2D eigenvalue weighted by Crippen LogP contribution is 2.17. The summed E-state index contributed by atoms with van der Waals surface area (Å²) in [5.41, 5.74) is 0. The molecule has 0 aromatic carbocycles. The second kappa shape index (κ2) is 5.18. The number of rotatable bonds is 5. The summed E-state index contributed by atoms with van der Waals surface area (Å²) in [7, 11) is -2.93. The zero-order chi connectivity index (χ0) is 11.4. The first kappa shape index (κ1) is 14.0. The van der Waals surface area contributed by atoms with E-state index in [1.54, 1.807) is 0 Å². The number of sulfonamides is 1. The van der Waals surface area contributed by atoms with Crippen molar-refractivity contribution in [2.45, 2.75) is 12.6 Å². The first-order valence-electron chi connectivity index (χ1n) is 3.76. The minimum atomic E-state index is -4.51. The van der Waals surface area contributed by atoms with E-state index < -0.39 is 22.7 Å². The lowest BCUT2D eigenvalue weighted by molar-refractivity contribution is -0.134. The number of hydrogen-bond donors (Lipinski definition) is 0. The minimum Gasteiger partial charge on any atom is -0.212 e. The normalized spacial score (nSPS) is 13.6. The van der Waals surface area contributed by atoms with Gasteiger partial charge in [0.1, 0.15) is 6.54 Å². The van der Waals surface area contributed by atoms with Gasteiger partial charge < -0.3 is 0 Å². The van der Waals surface area contributed by atoms with Crippen LogP contribution in [0.1, 0.15) is 6.42 Å². The Morgan fingerprint density at radius 1 is 1.36 bits per heavy atom. The van der Waals surface area contributed by atoms with Crippen molar-refractivity contribution in [1.29, 1.82) is 0 Å². The predicted octanol–water partition coefficient (Wildman–Crippen LogP) is 1.44. The molecule has 0 saturated heterocycles. The highest BCUT2D eigenvalue weighted by Gasteiger charge is 2.33. The van der Waals surface area contributed by atoms with Crippen LogP contribution >= 0.6 is 11.6 Å². The molecule has 0 fully saturated rings. The van der Waals surface area contributed by atoms with Gasteiger partial charge in [-0.1, -0.05) is 0 Å². The van der Waals surface area contributed by atoms with Crippen LogP contribution in [0.3, 0.4) is 0 Å². The van der Waals surface area contributed by atoms with Crippen LogP contribution in [0.2, 0.25) is 0 Å². The lowest BCUT2D eigenvalue weighted by atomic mass is 10.6. The van der Waals surface area contributed by atoms with Gasteiger partial charge in [-0.15, -0.1) is 11.6 Å². The van der Waals surface area contributed by atoms with Crippen molar-refractivity contribution in [2.24, 2.45) is 0 Å². The highest BCUT2D eigenvalue weighted by molar-refractivity contribution is 7.89. The SMILES string of the molecule is CN(CC(F)(F)F)S(=O)(=O)CCCCl. The van der Waals surface area contributed by atoms with E-state index in [1.807, 2.05) is 0 Å². The van der Waals surface area contributed by atoms with Crippen molar-refractivity contribution < 1.29 is 21.6 Å². The Bertz CT molecular complexity index is 265. The van der Waals surface area contributed by atoms with Crippen LogP contribution in [-0.4, -0.2) is 44.1 Å².